The van der Waals surface area contributed by atoms with E-state index in [1.54, 1.807) is 0 Å². The fraction of sp³-hybridized carbons (Fsp3) is 0.286. The zero-order chi connectivity index (χ0) is 11.1. The minimum Gasteiger partial charge on any atom is -0.303 e. The number of nitrogens with one attached hydrogen (secondary N) is 1. The molecule has 0 spiro atoms. The molecule has 0 fully saturated rings. The summed E-state index contributed by atoms with van der Waals surface area (Å²) in [5.74, 6) is 0. The Balaban J connectivity index is 2.78. The first-order valence-electron chi connectivity index (χ1n) is 5.31. The van der Waals surface area contributed by atoms with Crippen molar-refractivity contribution in [3.8, 4) is 0 Å². The number of benzene rings is 1. The van der Waals surface area contributed by atoms with Crippen molar-refractivity contribution in [2.24, 2.45) is 0 Å². The van der Waals surface area contributed by atoms with Crippen LogP contribution in [0.2, 0.25) is 0 Å². The van der Waals surface area contributed by atoms with E-state index in [2.05, 4.69) is 55.2 Å². The summed E-state index contributed by atoms with van der Waals surface area (Å²) < 4.78 is 0. The molecule has 0 saturated carbocycles. The Morgan fingerprint density at radius 1 is 1.33 bits per heavy atom. The zero-order valence-electron chi connectivity index (χ0n) is 9.53. The molecule has 15 heavy (non-hydrogen) atoms. The fourth-order valence-corrected chi connectivity index (χ4v) is 1.47. The topological polar surface area (TPSA) is 12.0 Å². The van der Waals surface area contributed by atoms with E-state index < -0.39 is 0 Å². The molecule has 1 aromatic carbocycles. The van der Waals surface area contributed by atoms with E-state index in [4.69, 9.17) is 0 Å². The van der Waals surface area contributed by atoms with Gasteiger partial charge < -0.3 is 5.32 Å². The van der Waals surface area contributed by atoms with Gasteiger partial charge in [0.05, 0.1) is 6.04 Å². The normalized spacial score (nSPS) is 12.9. The Bertz CT molecular complexity index is 322. The summed E-state index contributed by atoms with van der Waals surface area (Å²) in [5.41, 5.74) is 2.59. The molecule has 1 nitrogen and oxygen atoms in total. The Morgan fingerprint density at radius 3 is 2.53 bits per heavy atom. The molecule has 0 aromatic heterocycles. The van der Waals surface area contributed by atoms with Crippen molar-refractivity contribution in [2.75, 3.05) is 6.54 Å². The van der Waals surface area contributed by atoms with Gasteiger partial charge in [-0.2, -0.15) is 0 Å². The molecule has 0 aliphatic heterocycles. The highest BCUT2D eigenvalue weighted by atomic mass is 14.9. The molecule has 80 valence electrons. The smallest absolute Gasteiger partial charge is 0.0508 e. The van der Waals surface area contributed by atoms with Gasteiger partial charge in [0.15, 0.2) is 0 Å². The van der Waals surface area contributed by atoms with Crippen LogP contribution in [0.3, 0.4) is 0 Å². The number of hydrogen-bond donors (Lipinski definition) is 1. The molecule has 0 radical (unpaired) electrons. The number of allylic oxidation sites excluding steroid dienone is 1. The van der Waals surface area contributed by atoms with Crippen LogP contribution in [0.1, 0.15) is 24.1 Å². The zero-order valence-corrected chi connectivity index (χ0v) is 9.53. The Kier molecular flexibility index (Phi) is 4.85. The van der Waals surface area contributed by atoms with E-state index in [1.165, 1.54) is 11.1 Å². The third kappa shape index (κ3) is 3.72. The van der Waals surface area contributed by atoms with Crippen molar-refractivity contribution in [1.29, 1.82) is 0 Å². The van der Waals surface area contributed by atoms with Crippen molar-refractivity contribution in [1.82, 2.24) is 5.32 Å². The van der Waals surface area contributed by atoms with Gasteiger partial charge in [-0.25, -0.2) is 0 Å². The molecule has 0 aliphatic carbocycles. The van der Waals surface area contributed by atoms with Gasteiger partial charge in [0.25, 0.3) is 0 Å². The fourth-order valence-electron chi connectivity index (χ4n) is 1.47. The summed E-state index contributed by atoms with van der Waals surface area (Å²) in [5, 5.41) is 3.40. The van der Waals surface area contributed by atoms with Gasteiger partial charge >= 0.3 is 0 Å². The minimum absolute atomic E-state index is 0.286. The summed E-state index contributed by atoms with van der Waals surface area (Å²) in [6.07, 6.45) is 6.11. The Morgan fingerprint density at radius 2 is 2.00 bits per heavy atom. The predicted molar refractivity (Wildman–Crippen MR) is 66.9 cm³/mol. The van der Waals surface area contributed by atoms with Gasteiger partial charge in [0.2, 0.25) is 0 Å². The summed E-state index contributed by atoms with van der Waals surface area (Å²) in [4.78, 5) is 0. The summed E-state index contributed by atoms with van der Waals surface area (Å²) in [6.45, 7) is 8.68. The van der Waals surface area contributed by atoms with Crippen molar-refractivity contribution >= 4 is 0 Å². The summed E-state index contributed by atoms with van der Waals surface area (Å²) in [6, 6.07) is 8.89. The van der Waals surface area contributed by atoms with Gasteiger partial charge in [-0.05, 0) is 19.4 Å². The van der Waals surface area contributed by atoms with Crippen molar-refractivity contribution in [2.45, 2.75) is 19.9 Å². The lowest BCUT2D eigenvalue weighted by Gasteiger charge is -2.14. The molecule has 1 atom stereocenters. The van der Waals surface area contributed by atoms with Crippen LogP contribution in [0, 0.1) is 6.92 Å². The standard InChI is InChI=1S/C14H19N/c1-4-6-14(15-11-5-2)13-9-7-12(3)8-10-13/h4-10,14-15H,2,11H2,1,3H3/b6-4+/t14-/m0/s1. The van der Waals surface area contributed by atoms with Gasteiger partial charge in [-0.3, -0.25) is 0 Å². The highest BCUT2D eigenvalue weighted by Gasteiger charge is 2.04. The average molecular weight is 201 g/mol. The van der Waals surface area contributed by atoms with Crippen molar-refractivity contribution < 1.29 is 0 Å². The van der Waals surface area contributed by atoms with Crippen LogP contribution in [-0.4, -0.2) is 6.54 Å². The SMILES string of the molecule is C=CCN[C@@H](/C=C/C)c1ccc(C)cc1. The van der Waals surface area contributed by atoms with Crippen LogP contribution in [0.5, 0.6) is 0 Å². The second-order valence-corrected chi connectivity index (χ2v) is 3.61. The van der Waals surface area contributed by atoms with Gasteiger partial charge in [-0.1, -0.05) is 48.1 Å². The molecule has 0 amide bonds. The van der Waals surface area contributed by atoms with E-state index in [9.17, 15) is 0 Å². The minimum atomic E-state index is 0.286. The first-order valence-corrected chi connectivity index (χ1v) is 5.31. The second-order valence-electron chi connectivity index (χ2n) is 3.61. The molecule has 1 rings (SSSR count). The monoisotopic (exact) mass is 201 g/mol. The summed E-state index contributed by atoms with van der Waals surface area (Å²) in [7, 11) is 0. The third-order valence-corrected chi connectivity index (χ3v) is 2.30. The van der Waals surface area contributed by atoms with E-state index in [1.807, 2.05) is 13.0 Å². The van der Waals surface area contributed by atoms with E-state index in [-0.39, 0.29) is 6.04 Å². The maximum absolute atomic E-state index is 3.71. The van der Waals surface area contributed by atoms with Crippen LogP contribution in [0.15, 0.2) is 49.1 Å². The third-order valence-electron chi connectivity index (χ3n) is 2.30. The largest absolute Gasteiger partial charge is 0.303 e. The number of aryl methyl sites for hydroxylation is 1. The molecule has 1 N–H and O–H groups in total. The molecular weight excluding hydrogens is 182 g/mol. The van der Waals surface area contributed by atoms with Crippen LogP contribution in [0.25, 0.3) is 0 Å². The van der Waals surface area contributed by atoms with Crippen LogP contribution >= 0.6 is 0 Å². The molecule has 1 heteroatoms. The molecule has 0 saturated heterocycles. The van der Waals surface area contributed by atoms with Crippen molar-refractivity contribution in [3.05, 3.63) is 60.2 Å². The summed E-state index contributed by atoms with van der Waals surface area (Å²) >= 11 is 0. The van der Waals surface area contributed by atoms with Gasteiger partial charge in [0, 0.05) is 6.54 Å². The van der Waals surface area contributed by atoms with E-state index in [0.29, 0.717) is 0 Å². The van der Waals surface area contributed by atoms with Crippen LogP contribution in [0.4, 0.5) is 0 Å². The maximum Gasteiger partial charge on any atom is 0.0508 e. The Labute approximate surface area is 92.5 Å². The van der Waals surface area contributed by atoms with Crippen LogP contribution < -0.4 is 5.32 Å². The highest BCUT2D eigenvalue weighted by molar-refractivity contribution is 5.26. The van der Waals surface area contributed by atoms with Gasteiger partial charge in [-0.15, -0.1) is 6.58 Å². The quantitative estimate of drug-likeness (QED) is 0.720. The number of rotatable bonds is 5. The average Bonchev–Trinajstić information content (AvgIpc) is 2.25. The molecule has 1 aromatic rings. The van der Waals surface area contributed by atoms with Gasteiger partial charge in [0.1, 0.15) is 0 Å². The first-order chi connectivity index (χ1) is 7.27. The number of hydrogen-bond acceptors (Lipinski definition) is 1. The molecular formula is C14H19N. The Hall–Kier alpha value is -1.34. The molecule has 0 bridgehead atoms. The lowest BCUT2D eigenvalue weighted by molar-refractivity contribution is 0.671. The predicted octanol–water partition coefficient (Wildman–Crippen LogP) is 3.39. The lowest BCUT2D eigenvalue weighted by Crippen LogP contribution is -2.19. The van der Waals surface area contributed by atoms with E-state index in [0.717, 1.165) is 6.54 Å². The molecule has 0 aliphatic rings. The molecule has 0 heterocycles. The van der Waals surface area contributed by atoms with E-state index >= 15 is 0 Å². The van der Waals surface area contributed by atoms with Crippen LogP contribution in [-0.2, 0) is 0 Å². The maximum atomic E-state index is 3.71. The second kappa shape index (κ2) is 6.20. The highest BCUT2D eigenvalue weighted by Crippen LogP contribution is 2.14. The molecule has 0 unspecified atom stereocenters. The lowest BCUT2D eigenvalue weighted by atomic mass is 10.0. The first kappa shape index (κ1) is 11.7. The van der Waals surface area contributed by atoms with Crippen molar-refractivity contribution in [3.63, 3.8) is 0 Å².